The Morgan fingerprint density at radius 1 is 0.958 bits per heavy atom. The topological polar surface area (TPSA) is 29.1 Å². The number of hydrogen-bond donors (Lipinski definition) is 1. The van der Waals surface area contributed by atoms with Gasteiger partial charge < -0.3 is 5.32 Å². The molecule has 0 aliphatic heterocycles. The lowest BCUT2D eigenvalue weighted by atomic mass is 9.87. The van der Waals surface area contributed by atoms with Crippen molar-refractivity contribution in [2.75, 3.05) is 5.32 Å². The van der Waals surface area contributed by atoms with Crippen molar-refractivity contribution in [2.24, 2.45) is 0 Å². The van der Waals surface area contributed by atoms with E-state index in [1.54, 1.807) is 6.07 Å². The molecule has 0 unspecified atom stereocenters. The van der Waals surface area contributed by atoms with Crippen LogP contribution in [0.2, 0.25) is 0 Å². The average molecular weight is 335 g/mol. The predicted molar refractivity (Wildman–Crippen MR) is 89.3 cm³/mol. The molecule has 24 heavy (non-hydrogen) atoms. The van der Waals surface area contributed by atoms with Crippen LogP contribution in [0.4, 0.5) is 18.9 Å². The number of aryl methyl sites for hydroxylation is 1. The molecule has 0 radical (unpaired) electrons. The molecule has 1 amide bonds. The quantitative estimate of drug-likeness (QED) is 0.764. The van der Waals surface area contributed by atoms with Gasteiger partial charge in [-0.05, 0) is 53.8 Å². The van der Waals surface area contributed by atoms with Gasteiger partial charge in [0, 0.05) is 11.3 Å². The molecule has 2 nitrogen and oxygen atoms in total. The summed E-state index contributed by atoms with van der Waals surface area (Å²) in [7, 11) is 0. The fourth-order valence-corrected chi connectivity index (χ4v) is 2.34. The third-order valence-electron chi connectivity index (χ3n) is 3.65. The number of amides is 1. The third kappa shape index (κ3) is 4.37. The van der Waals surface area contributed by atoms with Crippen LogP contribution < -0.4 is 5.32 Å². The smallest absolute Gasteiger partial charge is 0.322 e. The lowest BCUT2D eigenvalue weighted by Crippen LogP contribution is -2.16. The summed E-state index contributed by atoms with van der Waals surface area (Å²) in [6.07, 6.45) is -4.48. The predicted octanol–water partition coefficient (Wildman–Crippen LogP) is 5.56. The maximum Gasteiger partial charge on any atom is 0.416 e. The highest BCUT2D eigenvalue weighted by molar-refractivity contribution is 6.04. The monoisotopic (exact) mass is 335 g/mol. The maximum absolute atomic E-state index is 12.9. The number of alkyl halides is 3. The molecule has 0 bridgehead atoms. The Labute approximate surface area is 139 Å². The van der Waals surface area contributed by atoms with E-state index in [-0.39, 0.29) is 11.0 Å². The van der Waals surface area contributed by atoms with Gasteiger partial charge in [0.05, 0.1) is 5.56 Å². The van der Waals surface area contributed by atoms with E-state index in [4.69, 9.17) is 0 Å². The van der Waals surface area contributed by atoms with Gasteiger partial charge in [0.2, 0.25) is 0 Å². The van der Waals surface area contributed by atoms with Crippen LogP contribution in [0, 0.1) is 6.92 Å². The van der Waals surface area contributed by atoms with E-state index in [1.165, 1.54) is 13.0 Å². The molecule has 0 heterocycles. The van der Waals surface area contributed by atoms with E-state index in [1.807, 2.05) is 39.0 Å². The molecule has 128 valence electrons. The van der Waals surface area contributed by atoms with Crippen LogP contribution in [0.1, 0.15) is 47.8 Å². The molecule has 0 saturated heterocycles. The summed E-state index contributed by atoms with van der Waals surface area (Å²) in [5, 5.41) is 2.67. The number of hydrogen-bond acceptors (Lipinski definition) is 1. The molecular formula is C19H20F3NO. The first-order valence-corrected chi connectivity index (χ1v) is 7.57. The summed E-state index contributed by atoms with van der Waals surface area (Å²) in [5.74, 6) is -0.560. The van der Waals surface area contributed by atoms with E-state index >= 15 is 0 Å². The van der Waals surface area contributed by atoms with Crippen molar-refractivity contribution >= 4 is 11.6 Å². The highest BCUT2D eigenvalue weighted by Gasteiger charge is 2.31. The Kier molecular flexibility index (Phi) is 4.74. The zero-order valence-corrected chi connectivity index (χ0v) is 14.1. The Morgan fingerprint density at radius 3 is 2.21 bits per heavy atom. The van der Waals surface area contributed by atoms with E-state index in [2.05, 4.69) is 5.32 Å². The van der Waals surface area contributed by atoms with Gasteiger partial charge in [0.25, 0.3) is 5.91 Å². The molecule has 0 atom stereocenters. The number of benzene rings is 2. The van der Waals surface area contributed by atoms with Crippen molar-refractivity contribution in [1.82, 2.24) is 0 Å². The van der Waals surface area contributed by atoms with Gasteiger partial charge in [0.1, 0.15) is 0 Å². The van der Waals surface area contributed by atoms with Gasteiger partial charge in [-0.2, -0.15) is 13.2 Å². The third-order valence-corrected chi connectivity index (χ3v) is 3.65. The maximum atomic E-state index is 12.9. The largest absolute Gasteiger partial charge is 0.416 e. The van der Waals surface area contributed by atoms with Gasteiger partial charge in [-0.25, -0.2) is 0 Å². The van der Waals surface area contributed by atoms with E-state index < -0.39 is 17.6 Å². The number of anilines is 1. The Balaban J connectivity index is 2.29. The molecule has 0 spiro atoms. The fraction of sp³-hybridized carbons (Fsp3) is 0.316. The van der Waals surface area contributed by atoms with E-state index in [0.717, 1.165) is 17.7 Å². The summed E-state index contributed by atoms with van der Waals surface area (Å²) in [5.41, 5.74) is 1.05. The van der Waals surface area contributed by atoms with Crippen molar-refractivity contribution in [3.05, 3.63) is 64.7 Å². The SMILES string of the molecule is Cc1cc(C(=O)Nc2cccc(C(C)(C)C)c2)cc(C(F)(F)F)c1. The number of carbonyl (C=O) groups is 1. The molecule has 0 aliphatic carbocycles. The number of rotatable bonds is 2. The molecule has 5 heteroatoms. The molecule has 2 aromatic carbocycles. The second kappa shape index (κ2) is 6.30. The van der Waals surface area contributed by atoms with Gasteiger partial charge in [-0.15, -0.1) is 0 Å². The average Bonchev–Trinajstić information content (AvgIpc) is 2.45. The lowest BCUT2D eigenvalue weighted by Gasteiger charge is -2.20. The highest BCUT2D eigenvalue weighted by Crippen LogP contribution is 2.31. The first kappa shape index (κ1) is 18.0. The van der Waals surface area contributed by atoms with Crippen molar-refractivity contribution < 1.29 is 18.0 Å². The van der Waals surface area contributed by atoms with Gasteiger partial charge >= 0.3 is 6.18 Å². The van der Waals surface area contributed by atoms with Crippen LogP contribution in [0.15, 0.2) is 42.5 Å². The number of halogens is 3. The van der Waals surface area contributed by atoms with Crippen LogP contribution in [0.25, 0.3) is 0 Å². The van der Waals surface area contributed by atoms with Crippen molar-refractivity contribution in [1.29, 1.82) is 0 Å². The molecular weight excluding hydrogens is 315 g/mol. The molecule has 0 aromatic heterocycles. The summed E-state index contributed by atoms with van der Waals surface area (Å²) in [6, 6.07) is 10.6. The molecule has 2 aromatic rings. The highest BCUT2D eigenvalue weighted by atomic mass is 19.4. The standard InChI is InChI=1S/C19H20F3NO/c1-12-8-13(10-15(9-12)19(20,21)22)17(24)23-16-7-5-6-14(11-16)18(2,3)4/h5-11H,1-4H3,(H,23,24). The van der Waals surface area contributed by atoms with Crippen LogP contribution in [0.5, 0.6) is 0 Å². The lowest BCUT2D eigenvalue weighted by molar-refractivity contribution is -0.137. The van der Waals surface area contributed by atoms with Crippen LogP contribution >= 0.6 is 0 Å². The van der Waals surface area contributed by atoms with Gasteiger partial charge in [0.15, 0.2) is 0 Å². The zero-order valence-electron chi connectivity index (χ0n) is 14.1. The van der Waals surface area contributed by atoms with Crippen LogP contribution in [-0.4, -0.2) is 5.91 Å². The first-order valence-electron chi connectivity index (χ1n) is 7.57. The summed E-state index contributed by atoms with van der Waals surface area (Å²) in [4.78, 5) is 12.3. The minimum absolute atomic E-state index is 0.0107. The Morgan fingerprint density at radius 2 is 1.62 bits per heavy atom. The Hall–Kier alpha value is -2.30. The van der Waals surface area contributed by atoms with Crippen LogP contribution in [0.3, 0.4) is 0 Å². The van der Waals surface area contributed by atoms with Crippen molar-refractivity contribution in [3.8, 4) is 0 Å². The van der Waals surface area contributed by atoms with E-state index in [0.29, 0.717) is 11.3 Å². The van der Waals surface area contributed by atoms with Crippen molar-refractivity contribution in [2.45, 2.75) is 39.3 Å². The molecule has 0 saturated carbocycles. The minimum atomic E-state index is -4.48. The van der Waals surface area contributed by atoms with Gasteiger partial charge in [-0.3, -0.25) is 4.79 Å². The van der Waals surface area contributed by atoms with E-state index in [9.17, 15) is 18.0 Å². The minimum Gasteiger partial charge on any atom is -0.322 e. The zero-order chi connectivity index (χ0) is 18.1. The second-order valence-corrected chi connectivity index (χ2v) is 6.87. The molecule has 1 N–H and O–H groups in total. The normalized spacial score (nSPS) is 12.1. The summed E-state index contributed by atoms with van der Waals surface area (Å²) < 4.78 is 38.7. The fourth-order valence-electron chi connectivity index (χ4n) is 2.34. The molecule has 2 rings (SSSR count). The number of nitrogens with one attached hydrogen (secondary N) is 1. The number of carbonyl (C=O) groups excluding carboxylic acids is 1. The summed E-state index contributed by atoms with van der Waals surface area (Å²) in [6.45, 7) is 7.67. The Bertz CT molecular complexity index is 758. The first-order chi connectivity index (χ1) is 11.0. The molecule has 0 fully saturated rings. The van der Waals surface area contributed by atoms with Crippen LogP contribution in [-0.2, 0) is 11.6 Å². The van der Waals surface area contributed by atoms with Crippen molar-refractivity contribution in [3.63, 3.8) is 0 Å². The summed E-state index contributed by atoms with van der Waals surface area (Å²) >= 11 is 0. The molecule has 0 aliphatic rings. The second-order valence-electron chi connectivity index (χ2n) is 6.87. The van der Waals surface area contributed by atoms with Gasteiger partial charge in [-0.1, -0.05) is 32.9 Å².